The van der Waals surface area contributed by atoms with E-state index in [1.807, 2.05) is 26.0 Å². The van der Waals surface area contributed by atoms with Crippen molar-refractivity contribution in [3.05, 3.63) is 52.2 Å². The number of aromatic amines is 1. The van der Waals surface area contributed by atoms with Crippen molar-refractivity contribution in [2.45, 2.75) is 39.7 Å². The molecule has 1 fully saturated rings. The van der Waals surface area contributed by atoms with Gasteiger partial charge >= 0.3 is 0 Å². The van der Waals surface area contributed by atoms with Gasteiger partial charge in [0.25, 0.3) is 5.56 Å². The largest absolute Gasteiger partial charge is 0.354 e. The first kappa shape index (κ1) is 20.2. The molecule has 1 N–H and O–H groups in total. The number of rotatable bonds is 6. The molecular weight excluding hydrogens is 382 g/mol. The van der Waals surface area contributed by atoms with Crippen molar-refractivity contribution in [3.63, 3.8) is 0 Å². The van der Waals surface area contributed by atoms with E-state index in [0.717, 1.165) is 55.5 Å². The molecule has 3 aromatic rings. The molecule has 0 radical (unpaired) electrons. The van der Waals surface area contributed by atoms with Crippen molar-refractivity contribution in [3.8, 4) is 11.4 Å². The Morgan fingerprint density at radius 3 is 2.57 bits per heavy atom. The van der Waals surface area contributed by atoms with Gasteiger partial charge in [0.15, 0.2) is 5.82 Å². The maximum atomic E-state index is 11.8. The monoisotopic (exact) mass is 409 g/mol. The molecule has 1 atom stereocenters. The predicted molar refractivity (Wildman–Crippen MR) is 113 cm³/mol. The maximum Gasteiger partial charge on any atom is 0.251 e. The van der Waals surface area contributed by atoms with Gasteiger partial charge in [-0.15, -0.1) is 0 Å². The van der Waals surface area contributed by atoms with E-state index in [1.54, 1.807) is 6.20 Å². The second-order valence-corrected chi connectivity index (χ2v) is 7.45. The molecule has 4 rings (SSSR count). The third kappa shape index (κ3) is 4.25. The van der Waals surface area contributed by atoms with Gasteiger partial charge in [0.2, 0.25) is 5.89 Å². The maximum absolute atomic E-state index is 11.8. The van der Waals surface area contributed by atoms with Crippen molar-refractivity contribution in [2.75, 3.05) is 31.1 Å². The number of anilines is 1. The molecule has 0 aromatic carbocycles. The Labute approximate surface area is 175 Å². The average Bonchev–Trinajstić information content (AvgIpc) is 3.28. The first-order chi connectivity index (χ1) is 14.6. The van der Waals surface area contributed by atoms with Gasteiger partial charge in [-0.1, -0.05) is 19.0 Å². The average molecular weight is 409 g/mol. The summed E-state index contributed by atoms with van der Waals surface area (Å²) in [7, 11) is 0. The smallest absolute Gasteiger partial charge is 0.251 e. The summed E-state index contributed by atoms with van der Waals surface area (Å²) in [5, 5.41) is 4.00. The third-order valence-electron chi connectivity index (χ3n) is 5.52. The van der Waals surface area contributed by atoms with Crippen LogP contribution in [0.1, 0.15) is 44.2 Å². The van der Waals surface area contributed by atoms with Crippen LogP contribution in [0.3, 0.4) is 0 Å². The number of aryl methyl sites for hydroxylation is 2. The van der Waals surface area contributed by atoms with Gasteiger partial charge in [-0.2, -0.15) is 4.98 Å². The topological polar surface area (TPSA) is 104 Å². The molecule has 1 aliphatic rings. The predicted octanol–water partition coefficient (Wildman–Crippen LogP) is 2.22. The standard InChI is InChI=1S/C21H27N7O2/c1-4-16-12-19(29)25-20(23-16)15-6-7-18(22-13-15)28-10-8-27(9-11-28)14(3)21-24-17(5-2)26-30-21/h6-7,12-14H,4-5,8-11H2,1-3H3,(H,23,25,29). The Morgan fingerprint density at radius 1 is 1.13 bits per heavy atom. The number of nitrogens with zero attached hydrogens (tertiary/aromatic N) is 6. The fourth-order valence-corrected chi connectivity index (χ4v) is 3.61. The second kappa shape index (κ2) is 8.74. The first-order valence-electron chi connectivity index (χ1n) is 10.5. The molecule has 1 unspecified atom stereocenters. The molecule has 0 saturated carbocycles. The normalized spacial score (nSPS) is 16.0. The zero-order valence-corrected chi connectivity index (χ0v) is 17.6. The molecule has 9 nitrogen and oxygen atoms in total. The number of piperazine rings is 1. The van der Waals surface area contributed by atoms with E-state index in [4.69, 9.17) is 4.52 Å². The van der Waals surface area contributed by atoms with Gasteiger partial charge in [-0.3, -0.25) is 9.69 Å². The van der Waals surface area contributed by atoms with Crippen LogP contribution in [-0.2, 0) is 12.8 Å². The first-order valence-corrected chi connectivity index (χ1v) is 10.5. The molecule has 3 aromatic heterocycles. The third-order valence-corrected chi connectivity index (χ3v) is 5.52. The van der Waals surface area contributed by atoms with Crippen LogP contribution in [0.2, 0.25) is 0 Å². The lowest BCUT2D eigenvalue weighted by Crippen LogP contribution is -2.47. The molecule has 0 spiro atoms. The number of nitrogens with one attached hydrogen (secondary N) is 1. The van der Waals surface area contributed by atoms with E-state index in [9.17, 15) is 4.79 Å². The van der Waals surface area contributed by atoms with Gasteiger partial charge in [-0.25, -0.2) is 9.97 Å². The van der Waals surface area contributed by atoms with Crippen molar-refractivity contribution in [1.29, 1.82) is 0 Å². The highest BCUT2D eigenvalue weighted by Crippen LogP contribution is 2.23. The van der Waals surface area contributed by atoms with Gasteiger partial charge in [0.05, 0.1) is 6.04 Å². The molecule has 30 heavy (non-hydrogen) atoms. The van der Waals surface area contributed by atoms with E-state index in [1.165, 1.54) is 6.07 Å². The van der Waals surface area contributed by atoms with E-state index < -0.39 is 0 Å². The highest BCUT2D eigenvalue weighted by atomic mass is 16.5. The highest BCUT2D eigenvalue weighted by Gasteiger charge is 2.26. The number of H-pyrrole nitrogens is 1. The SMILES string of the molecule is CCc1cc(=O)[nH]c(-c2ccc(N3CCN(C(C)c4nc(CC)no4)CC3)nc2)n1. The molecule has 0 aliphatic carbocycles. The lowest BCUT2D eigenvalue weighted by molar-refractivity contribution is 0.164. The zero-order valence-electron chi connectivity index (χ0n) is 17.6. The van der Waals surface area contributed by atoms with Gasteiger partial charge in [-0.05, 0) is 25.5 Å². The number of hydrogen-bond acceptors (Lipinski definition) is 8. The van der Waals surface area contributed by atoms with E-state index in [0.29, 0.717) is 18.1 Å². The lowest BCUT2D eigenvalue weighted by atomic mass is 10.2. The van der Waals surface area contributed by atoms with E-state index in [2.05, 4.69) is 41.8 Å². The van der Waals surface area contributed by atoms with Crippen LogP contribution in [0, 0.1) is 0 Å². The summed E-state index contributed by atoms with van der Waals surface area (Å²) in [6, 6.07) is 5.57. The molecule has 0 bridgehead atoms. The van der Waals surface area contributed by atoms with Gasteiger partial charge in [0.1, 0.15) is 11.6 Å². The Balaban J connectivity index is 1.40. The number of aromatic nitrogens is 5. The Hall–Kier alpha value is -3.07. The van der Waals surface area contributed by atoms with Crippen LogP contribution in [0.4, 0.5) is 5.82 Å². The summed E-state index contributed by atoms with van der Waals surface area (Å²) in [5.41, 5.74) is 1.44. The number of pyridine rings is 1. The van der Waals surface area contributed by atoms with Crippen LogP contribution in [0.25, 0.3) is 11.4 Å². The van der Waals surface area contributed by atoms with Crippen LogP contribution in [0.15, 0.2) is 33.7 Å². The van der Waals surface area contributed by atoms with Crippen LogP contribution >= 0.6 is 0 Å². The fourth-order valence-electron chi connectivity index (χ4n) is 3.61. The number of hydrogen-bond donors (Lipinski definition) is 1. The van der Waals surface area contributed by atoms with E-state index in [-0.39, 0.29) is 11.6 Å². The van der Waals surface area contributed by atoms with E-state index >= 15 is 0 Å². The molecule has 1 aliphatic heterocycles. The molecular formula is C21H27N7O2. The summed E-state index contributed by atoms with van der Waals surface area (Å²) in [6.07, 6.45) is 3.26. The summed E-state index contributed by atoms with van der Waals surface area (Å²) in [5.74, 6) is 2.91. The molecule has 4 heterocycles. The lowest BCUT2D eigenvalue weighted by Gasteiger charge is -2.37. The fraction of sp³-hybridized carbons (Fsp3) is 0.476. The van der Waals surface area contributed by atoms with Crippen LogP contribution in [-0.4, -0.2) is 56.2 Å². The minimum atomic E-state index is -0.140. The Bertz CT molecular complexity index is 1040. The molecule has 1 saturated heterocycles. The van der Waals surface area contributed by atoms with Crippen LogP contribution < -0.4 is 10.5 Å². The molecule has 9 heteroatoms. The Kier molecular flexibility index (Phi) is 5.89. The summed E-state index contributed by atoms with van der Waals surface area (Å²) >= 11 is 0. The Morgan fingerprint density at radius 2 is 1.93 bits per heavy atom. The van der Waals surface area contributed by atoms with Gasteiger partial charge in [0, 0.05) is 56.1 Å². The minimum Gasteiger partial charge on any atom is -0.354 e. The molecule has 0 amide bonds. The summed E-state index contributed by atoms with van der Waals surface area (Å²) in [4.78, 5) is 32.8. The van der Waals surface area contributed by atoms with Crippen LogP contribution in [0.5, 0.6) is 0 Å². The van der Waals surface area contributed by atoms with Crippen molar-refractivity contribution in [1.82, 2.24) is 30.0 Å². The minimum absolute atomic E-state index is 0.101. The van der Waals surface area contributed by atoms with Crippen molar-refractivity contribution >= 4 is 5.82 Å². The second-order valence-electron chi connectivity index (χ2n) is 7.45. The summed E-state index contributed by atoms with van der Waals surface area (Å²) in [6.45, 7) is 9.62. The highest BCUT2D eigenvalue weighted by molar-refractivity contribution is 5.56. The quantitative estimate of drug-likeness (QED) is 0.661. The summed E-state index contributed by atoms with van der Waals surface area (Å²) < 4.78 is 5.40. The van der Waals surface area contributed by atoms with Gasteiger partial charge < -0.3 is 14.4 Å². The van der Waals surface area contributed by atoms with Crippen molar-refractivity contribution in [2.24, 2.45) is 0 Å². The zero-order chi connectivity index (χ0) is 21.1. The molecule has 158 valence electrons. The van der Waals surface area contributed by atoms with Crippen molar-refractivity contribution < 1.29 is 4.52 Å².